The largest absolute Gasteiger partial charge is 0.409 e. The Kier molecular flexibility index (Phi) is 3.32. The van der Waals surface area contributed by atoms with Gasteiger partial charge >= 0.3 is 0 Å². The number of benzene rings is 1. The summed E-state index contributed by atoms with van der Waals surface area (Å²) in [6.07, 6.45) is 5.43. The maximum Gasteiger partial charge on any atom is 0.139 e. The number of nitrogens with two attached hydrogens (primary N) is 1. The predicted molar refractivity (Wildman–Crippen MR) is 81.3 cm³/mol. The SMILES string of the molecule is CC1CCc2ccccc2N1CC1(CC(N)=NO)CC1. The van der Waals surface area contributed by atoms with Gasteiger partial charge in [0, 0.05) is 24.7 Å². The van der Waals surface area contributed by atoms with Gasteiger partial charge in [0.2, 0.25) is 0 Å². The predicted octanol–water partition coefficient (Wildman–Crippen LogP) is 2.74. The molecule has 108 valence electrons. The Morgan fingerprint density at radius 1 is 1.45 bits per heavy atom. The van der Waals surface area contributed by atoms with Crippen molar-refractivity contribution in [1.82, 2.24) is 0 Å². The van der Waals surface area contributed by atoms with Gasteiger partial charge in [-0.2, -0.15) is 0 Å². The van der Waals surface area contributed by atoms with Gasteiger partial charge in [0.15, 0.2) is 0 Å². The zero-order valence-corrected chi connectivity index (χ0v) is 12.0. The highest BCUT2D eigenvalue weighted by Gasteiger charge is 2.45. The van der Waals surface area contributed by atoms with Crippen LogP contribution in [0.15, 0.2) is 29.4 Å². The van der Waals surface area contributed by atoms with Crippen molar-refractivity contribution in [2.75, 3.05) is 11.4 Å². The van der Waals surface area contributed by atoms with E-state index in [0.29, 0.717) is 18.3 Å². The molecule has 1 fully saturated rings. The lowest BCUT2D eigenvalue weighted by atomic mass is 9.93. The molecule has 1 aliphatic carbocycles. The van der Waals surface area contributed by atoms with Crippen LogP contribution in [-0.4, -0.2) is 23.6 Å². The van der Waals surface area contributed by atoms with E-state index >= 15 is 0 Å². The number of nitrogens with zero attached hydrogens (tertiary/aromatic N) is 2. The molecular formula is C16H23N3O. The zero-order chi connectivity index (χ0) is 14.2. The van der Waals surface area contributed by atoms with Gasteiger partial charge in [-0.1, -0.05) is 23.4 Å². The summed E-state index contributed by atoms with van der Waals surface area (Å²) in [5.74, 6) is 0.362. The fraction of sp³-hybridized carbons (Fsp3) is 0.562. The number of para-hydroxylation sites is 1. The van der Waals surface area contributed by atoms with E-state index in [0.717, 1.165) is 6.54 Å². The Hall–Kier alpha value is -1.71. The lowest BCUT2D eigenvalue weighted by Crippen LogP contribution is -2.42. The van der Waals surface area contributed by atoms with Crippen LogP contribution in [0.3, 0.4) is 0 Å². The Morgan fingerprint density at radius 2 is 2.20 bits per heavy atom. The molecule has 3 N–H and O–H groups in total. The average Bonchev–Trinajstić information content (AvgIpc) is 3.21. The van der Waals surface area contributed by atoms with Gasteiger partial charge < -0.3 is 15.8 Å². The van der Waals surface area contributed by atoms with Crippen LogP contribution >= 0.6 is 0 Å². The van der Waals surface area contributed by atoms with E-state index in [1.165, 1.54) is 36.9 Å². The smallest absolute Gasteiger partial charge is 0.139 e. The number of amidine groups is 1. The van der Waals surface area contributed by atoms with Crippen molar-refractivity contribution in [2.45, 2.75) is 45.1 Å². The minimum atomic E-state index is 0.217. The molecule has 0 bridgehead atoms. The van der Waals surface area contributed by atoms with Crippen LogP contribution in [0.25, 0.3) is 0 Å². The molecule has 3 rings (SSSR count). The number of oxime groups is 1. The van der Waals surface area contributed by atoms with Gasteiger partial charge in [0.1, 0.15) is 5.84 Å². The molecule has 1 aliphatic heterocycles. The van der Waals surface area contributed by atoms with Gasteiger partial charge in [-0.05, 0) is 49.7 Å². The second kappa shape index (κ2) is 5.00. The normalized spacial score (nSPS) is 24.4. The van der Waals surface area contributed by atoms with E-state index in [1.807, 2.05) is 0 Å². The Balaban J connectivity index is 1.80. The van der Waals surface area contributed by atoms with Crippen molar-refractivity contribution in [3.63, 3.8) is 0 Å². The van der Waals surface area contributed by atoms with Crippen LogP contribution in [0.1, 0.15) is 38.2 Å². The molecule has 2 aliphatic rings. The van der Waals surface area contributed by atoms with Gasteiger partial charge in [0.05, 0.1) is 0 Å². The monoisotopic (exact) mass is 273 g/mol. The van der Waals surface area contributed by atoms with Gasteiger partial charge in [-0.3, -0.25) is 0 Å². The summed E-state index contributed by atoms with van der Waals surface area (Å²) in [5.41, 5.74) is 8.75. The third-order valence-corrected chi connectivity index (χ3v) is 4.81. The van der Waals surface area contributed by atoms with E-state index in [2.05, 4.69) is 41.2 Å². The Labute approximate surface area is 120 Å². The maximum atomic E-state index is 8.79. The zero-order valence-electron chi connectivity index (χ0n) is 12.0. The van der Waals surface area contributed by atoms with Gasteiger partial charge in [-0.15, -0.1) is 0 Å². The first kappa shape index (κ1) is 13.3. The fourth-order valence-corrected chi connectivity index (χ4v) is 3.35. The standard InChI is InChI=1S/C16H23N3O/c1-12-6-7-13-4-2-3-5-14(13)19(12)11-16(8-9-16)10-15(17)18-20/h2-5,12,20H,6-11H2,1H3,(H2,17,18). The fourth-order valence-electron chi connectivity index (χ4n) is 3.35. The number of hydrogen-bond acceptors (Lipinski definition) is 3. The summed E-state index contributed by atoms with van der Waals surface area (Å²) < 4.78 is 0. The van der Waals surface area contributed by atoms with Crippen molar-refractivity contribution < 1.29 is 5.21 Å². The lowest BCUT2D eigenvalue weighted by molar-refractivity contribution is 0.314. The molecule has 0 aromatic heterocycles. The molecule has 20 heavy (non-hydrogen) atoms. The Morgan fingerprint density at radius 3 is 2.90 bits per heavy atom. The van der Waals surface area contributed by atoms with Gasteiger partial charge in [-0.25, -0.2) is 0 Å². The summed E-state index contributed by atoms with van der Waals surface area (Å²) in [6.45, 7) is 3.32. The summed E-state index contributed by atoms with van der Waals surface area (Å²) >= 11 is 0. The van der Waals surface area contributed by atoms with Crippen molar-refractivity contribution in [2.24, 2.45) is 16.3 Å². The third-order valence-electron chi connectivity index (χ3n) is 4.81. The molecule has 1 unspecified atom stereocenters. The van der Waals surface area contributed by atoms with Crippen LogP contribution in [0, 0.1) is 5.41 Å². The molecule has 1 saturated carbocycles. The minimum Gasteiger partial charge on any atom is -0.409 e. The first-order valence-electron chi connectivity index (χ1n) is 7.44. The molecule has 0 saturated heterocycles. The number of hydrogen-bond donors (Lipinski definition) is 2. The molecule has 0 amide bonds. The molecule has 0 radical (unpaired) electrons. The molecule has 0 spiro atoms. The summed E-state index contributed by atoms with van der Waals surface area (Å²) in [7, 11) is 0. The maximum absolute atomic E-state index is 8.79. The lowest BCUT2D eigenvalue weighted by Gasteiger charge is -2.39. The van der Waals surface area contributed by atoms with Gasteiger partial charge in [0.25, 0.3) is 0 Å². The number of fused-ring (bicyclic) bond motifs is 1. The van der Waals surface area contributed by atoms with Crippen molar-refractivity contribution in [1.29, 1.82) is 0 Å². The van der Waals surface area contributed by atoms with Crippen molar-refractivity contribution in [3.8, 4) is 0 Å². The first-order valence-corrected chi connectivity index (χ1v) is 7.44. The summed E-state index contributed by atoms with van der Waals surface area (Å²) in [4.78, 5) is 2.52. The van der Waals surface area contributed by atoms with Crippen LogP contribution in [0.5, 0.6) is 0 Å². The topological polar surface area (TPSA) is 61.8 Å². The molecule has 4 nitrogen and oxygen atoms in total. The Bertz CT molecular complexity index is 522. The highest BCUT2D eigenvalue weighted by Crippen LogP contribution is 2.50. The van der Waals surface area contributed by atoms with Crippen LogP contribution in [-0.2, 0) is 6.42 Å². The molecule has 1 aromatic carbocycles. The van der Waals surface area contributed by atoms with Crippen molar-refractivity contribution in [3.05, 3.63) is 29.8 Å². The summed E-state index contributed by atoms with van der Waals surface area (Å²) in [6, 6.07) is 9.26. The molecule has 1 heterocycles. The van der Waals surface area contributed by atoms with E-state index in [9.17, 15) is 0 Å². The van der Waals surface area contributed by atoms with E-state index < -0.39 is 0 Å². The number of aryl methyl sites for hydroxylation is 1. The highest BCUT2D eigenvalue weighted by molar-refractivity contribution is 5.80. The molecule has 4 heteroatoms. The third kappa shape index (κ3) is 2.47. The second-order valence-electron chi connectivity index (χ2n) is 6.41. The van der Waals surface area contributed by atoms with Crippen molar-refractivity contribution >= 4 is 11.5 Å². The van der Waals surface area contributed by atoms with Crippen LogP contribution < -0.4 is 10.6 Å². The van der Waals surface area contributed by atoms with Crippen LogP contribution in [0.4, 0.5) is 5.69 Å². The number of anilines is 1. The first-order chi connectivity index (χ1) is 9.63. The van der Waals surface area contributed by atoms with E-state index in [-0.39, 0.29) is 5.41 Å². The number of rotatable bonds is 4. The second-order valence-corrected chi connectivity index (χ2v) is 6.41. The van der Waals surface area contributed by atoms with E-state index in [4.69, 9.17) is 10.9 Å². The van der Waals surface area contributed by atoms with Crippen LogP contribution in [0.2, 0.25) is 0 Å². The summed E-state index contributed by atoms with van der Waals surface area (Å²) in [5, 5.41) is 11.9. The molecule has 1 aromatic rings. The quantitative estimate of drug-likeness (QED) is 0.384. The highest BCUT2D eigenvalue weighted by atomic mass is 16.4. The van der Waals surface area contributed by atoms with E-state index in [1.54, 1.807) is 0 Å². The average molecular weight is 273 g/mol. The molecular weight excluding hydrogens is 250 g/mol. The molecule has 1 atom stereocenters. The minimum absolute atomic E-state index is 0.217.